The number of benzene rings is 3. The van der Waals surface area contributed by atoms with Crippen LogP contribution in [0.2, 0.25) is 0 Å². The van der Waals surface area contributed by atoms with Crippen LogP contribution in [0.15, 0.2) is 65.1 Å². The molecule has 28 heavy (non-hydrogen) atoms. The third-order valence-electron chi connectivity index (χ3n) is 5.94. The fourth-order valence-electron chi connectivity index (χ4n) is 3.50. The van der Waals surface area contributed by atoms with Gasteiger partial charge in [-0.2, -0.15) is 0 Å². The molecular weight excluding hydrogens is 349 g/mol. The zero-order chi connectivity index (χ0) is 19.5. The van der Waals surface area contributed by atoms with Crippen molar-refractivity contribution in [2.45, 2.75) is 38.9 Å². The summed E-state index contributed by atoms with van der Waals surface area (Å²) < 4.78 is 18.3. The van der Waals surface area contributed by atoms with Crippen molar-refractivity contribution in [2.24, 2.45) is 0 Å². The molecule has 1 fully saturated rings. The third kappa shape index (κ3) is 2.74. The zero-order valence-electron chi connectivity index (χ0n) is 16.5. The minimum Gasteiger partial charge on any atom is -0.436 e. The van der Waals surface area contributed by atoms with Crippen LogP contribution in [-0.2, 0) is 9.31 Å². The van der Waals surface area contributed by atoms with Gasteiger partial charge >= 0.3 is 7.12 Å². The summed E-state index contributed by atoms with van der Waals surface area (Å²) in [6.07, 6.45) is 0. The van der Waals surface area contributed by atoms with Gasteiger partial charge in [0, 0.05) is 5.56 Å². The Morgan fingerprint density at radius 3 is 2.04 bits per heavy atom. The second kappa shape index (κ2) is 5.93. The predicted molar refractivity (Wildman–Crippen MR) is 113 cm³/mol. The summed E-state index contributed by atoms with van der Waals surface area (Å²) in [6.45, 7) is 8.24. The van der Waals surface area contributed by atoms with E-state index in [-0.39, 0.29) is 18.3 Å². The van der Waals surface area contributed by atoms with Crippen molar-refractivity contribution in [3.05, 3.63) is 60.7 Å². The monoisotopic (exact) mass is 371 g/mol. The molecule has 2 heterocycles. The van der Waals surface area contributed by atoms with Crippen LogP contribution >= 0.6 is 0 Å². The van der Waals surface area contributed by atoms with E-state index in [1.54, 1.807) is 0 Å². The van der Waals surface area contributed by atoms with Gasteiger partial charge in [0.15, 0.2) is 5.58 Å². The smallest absolute Gasteiger partial charge is 0.436 e. The Hall–Kier alpha value is -2.63. The van der Waals surface area contributed by atoms with E-state index in [2.05, 4.69) is 50.9 Å². The summed E-state index contributed by atoms with van der Waals surface area (Å²) in [5, 5.41) is 2.31. The lowest BCUT2D eigenvalue weighted by Crippen LogP contribution is -2.41. The van der Waals surface area contributed by atoms with Gasteiger partial charge in [-0.15, -0.1) is 0 Å². The number of nitrogens with zero attached hydrogens (tertiary/aromatic N) is 1. The van der Waals surface area contributed by atoms with Crippen LogP contribution in [0.4, 0.5) is 0 Å². The number of fused-ring (bicyclic) bond motifs is 2. The van der Waals surface area contributed by atoms with Crippen LogP contribution in [0.1, 0.15) is 27.7 Å². The first-order chi connectivity index (χ1) is 13.3. The summed E-state index contributed by atoms with van der Waals surface area (Å²) in [7, 11) is -0.368. The number of oxazole rings is 1. The van der Waals surface area contributed by atoms with E-state index in [1.165, 1.54) is 0 Å². The number of aromatic nitrogens is 1. The fourth-order valence-corrected chi connectivity index (χ4v) is 3.50. The molecule has 0 atom stereocenters. The van der Waals surface area contributed by atoms with E-state index < -0.39 is 0 Å². The molecule has 0 amide bonds. The van der Waals surface area contributed by atoms with E-state index >= 15 is 0 Å². The molecular formula is C23H22BNO3. The maximum atomic E-state index is 6.13. The van der Waals surface area contributed by atoms with E-state index in [0.717, 1.165) is 32.9 Å². The fraction of sp³-hybridized carbons (Fsp3) is 0.261. The second-order valence-electron chi connectivity index (χ2n) is 8.40. The summed E-state index contributed by atoms with van der Waals surface area (Å²) in [6, 6.07) is 20.4. The van der Waals surface area contributed by atoms with Gasteiger partial charge in [-0.3, -0.25) is 0 Å². The molecule has 0 saturated carbocycles. The normalized spacial score (nSPS) is 18.2. The molecule has 0 unspecified atom stereocenters. The Kier molecular flexibility index (Phi) is 3.70. The van der Waals surface area contributed by atoms with Crippen LogP contribution in [0.25, 0.3) is 33.3 Å². The summed E-state index contributed by atoms with van der Waals surface area (Å²) >= 11 is 0. The number of hydrogen-bond donors (Lipinski definition) is 0. The molecule has 140 valence electrons. The molecule has 5 heteroatoms. The highest BCUT2D eigenvalue weighted by molar-refractivity contribution is 6.62. The van der Waals surface area contributed by atoms with Crippen LogP contribution in [0.5, 0.6) is 0 Å². The van der Waals surface area contributed by atoms with Gasteiger partial charge < -0.3 is 13.7 Å². The standard InChI is InChI=1S/C23H22BNO3/c1-22(2)23(3,4)28-24(27-22)18-11-9-15(10-12-18)21-25-19-13-16-7-5-6-8-17(16)14-20(19)26-21/h5-14H,1-4H3. The van der Waals surface area contributed by atoms with E-state index in [4.69, 9.17) is 13.7 Å². The molecule has 3 aromatic carbocycles. The first kappa shape index (κ1) is 17.5. The summed E-state index contributed by atoms with van der Waals surface area (Å²) in [5.41, 5.74) is 2.88. The average molecular weight is 371 g/mol. The molecule has 4 aromatic rings. The van der Waals surface area contributed by atoms with Crippen LogP contribution < -0.4 is 5.46 Å². The van der Waals surface area contributed by atoms with Gasteiger partial charge in [0.2, 0.25) is 5.89 Å². The van der Waals surface area contributed by atoms with Crippen LogP contribution in [0.3, 0.4) is 0 Å². The second-order valence-corrected chi connectivity index (χ2v) is 8.40. The lowest BCUT2D eigenvalue weighted by atomic mass is 9.79. The first-order valence-corrected chi connectivity index (χ1v) is 9.58. The van der Waals surface area contributed by atoms with Gasteiger partial charge in [-0.1, -0.05) is 36.4 Å². The molecule has 0 radical (unpaired) electrons. The van der Waals surface area contributed by atoms with Crippen LogP contribution in [-0.4, -0.2) is 23.3 Å². The number of hydrogen-bond acceptors (Lipinski definition) is 4. The minimum atomic E-state index is -0.368. The largest absolute Gasteiger partial charge is 0.494 e. The van der Waals surface area contributed by atoms with Gasteiger partial charge in [-0.25, -0.2) is 4.98 Å². The third-order valence-corrected chi connectivity index (χ3v) is 5.94. The molecule has 1 aromatic heterocycles. The molecule has 0 spiro atoms. The predicted octanol–water partition coefficient (Wildman–Crippen LogP) is 4.95. The first-order valence-electron chi connectivity index (χ1n) is 9.58. The topological polar surface area (TPSA) is 44.5 Å². The van der Waals surface area contributed by atoms with Crippen molar-refractivity contribution in [2.75, 3.05) is 0 Å². The Balaban J connectivity index is 1.47. The van der Waals surface area contributed by atoms with Gasteiger partial charge in [0.25, 0.3) is 0 Å². The maximum Gasteiger partial charge on any atom is 0.494 e. The van der Waals surface area contributed by atoms with Crippen molar-refractivity contribution in [3.8, 4) is 11.5 Å². The van der Waals surface area contributed by atoms with Gasteiger partial charge in [0.05, 0.1) is 11.2 Å². The van der Waals surface area contributed by atoms with Crippen molar-refractivity contribution >= 4 is 34.5 Å². The molecule has 1 saturated heterocycles. The quantitative estimate of drug-likeness (QED) is 0.468. The lowest BCUT2D eigenvalue weighted by molar-refractivity contribution is 0.00578. The van der Waals surface area contributed by atoms with E-state index in [1.807, 2.05) is 42.5 Å². The Bertz CT molecular complexity index is 1110. The Morgan fingerprint density at radius 2 is 1.39 bits per heavy atom. The zero-order valence-corrected chi connectivity index (χ0v) is 16.5. The molecule has 4 nitrogen and oxygen atoms in total. The average Bonchev–Trinajstić information content (AvgIpc) is 3.17. The van der Waals surface area contributed by atoms with Crippen molar-refractivity contribution in [1.82, 2.24) is 4.98 Å². The highest BCUT2D eigenvalue weighted by Gasteiger charge is 2.51. The van der Waals surface area contributed by atoms with Gasteiger partial charge in [0.1, 0.15) is 5.52 Å². The Morgan fingerprint density at radius 1 is 0.786 bits per heavy atom. The van der Waals surface area contributed by atoms with Crippen molar-refractivity contribution in [1.29, 1.82) is 0 Å². The molecule has 0 aliphatic carbocycles. The van der Waals surface area contributed by atoms with Gasteiger partial charge in [-0.05, 0) is 68.2 Å². The Labute approximate surface area is 164 Å². The SMILES string of the molecule is CC1(C)OB(c2ccc(-c3nc4cc5ccccc5cc4o3)cc2)OC1(C)C. The molecule has 0 N–H and O–H groups in total. The van der Waals surface area contributed by atoms with Crippen molar-refractivity contribution in [3.63, 3.8) is 0 Å². The highest BCUT2D eigenvalue weighted by Crippen LogP contribution is 2.36. The molecule has 0 bridgehead atoms. The van der Waals surface area contributed by atoms with E-state index in [0.29, 0.717) is 5.89 Å². The number of rotatable bonds is 2. The molecule has 1 aliphatic rings. The van der Waals surface area contributed by atoms with Crippen molar-refractivity contribution < 1.29 is 13.7 Å². The summed E-state index contributed by atoms with van der Waals surface area (Å²) in [4.78, 5) is 4.68. The molecule has 1 aliphatic heterocycles. The highest BCUT2D eigenvalue weighted by atomic mass is 16.7. The van der Waals surface area contributed by atoms with E-state index in [9.17, 15) is 0 Å². The maximum absolute atomic E-state index is 6.13. The minimum absolute atomic E-state index is 0.349. The summed E-state index contributed by atoms with van der Waals surface area (Å²) in [5.74, 6) is 0.616. The molecule has 5 rings (SSSR count). The van der Waals surface area contributed by atoms with Crippen LogP contribution in [0, 0.1) is 0 Å². The lowest BCUT2D eigenvalue weighted by Gasteiger charge is -2.32.